The molecule has 1 heterocycles. The second kappa shape index (κ2) is 8.61. The molecular weight excluding hydrogens is 356 g/mol. The molecule has 0 atom stereocenters. The van der Waals surface area contributed by atoms with Gasteiger partial charge in [0.25, 0.3) is 5.91 Å². The van der Waals surface area contributed by atoms with Crippen molar-refractivity contribution < 1.29 is 9.59 Å². The number of carbonyl (C=O) groups excluding carboxylic acids is 2. The Morgan fingerprint density at radius 1 is 1.19 bits per heavy atom. The highest BCUT2D eigenvalue weighted by molar-refractivity contribution is 8.00. The van der Waals surface area contributed by atoms with Crippen molar-refractivity contribution in [2.45, 2.75) is 38.6 Å². The maximum Gasteiger partial charge on any atom is 0.251 e. The zero-order chi connectivity index (χ0) is 19.4. The predicted octanol–water partition coefficient (Wildman–Crippen LogP) is 4.41. The molecule has 1 N–H and O–H groups in total. The van der Waals surface area contributed by atoms with Crippen LogP contribution >= 0.6 is 11.8 Å². The summed E-state index contributed by atoms with van der Waals surface area (Å²) in [5.74, 6) is 0.966. The van der Waals surface area contributed by atoms with Gasteiger partial charge in [-0.2, -0.15) is 0 Å². The van der Waals surface area contributed by atoms with E-state index in [4.69, 9.17) is 0 Å². The van der Waals surface area contributed by atoms with Crippen molar-refractivity contribution in [3.05, 3.63) is 59.2 Å². The number of benzene rings is 2. The third kappa shape index (κ3) is 4.92. The van der Waals surface area contributed by atoms with Gasteiger partial charge in [0, 0.05) is 17.0 Å². The summed E-state index contributed by atoms with van der Waals surface area (Å²) in [6.07, 6.45) is 0.949. The molecule has 5 heteroatoms. The molecule has 0 spiro atoms. The van der Waals surface area contributed by atoms with Gasteiger partial charge in [-0.05, 0) is 43.0 Å². The Kier molecular flexibility index (Phi) is 6.22. The van der Waals surface area contributed by atoms with Crippen LogP contribution in [0.25, 0.3) is 0 Å². The Labute approximate surface area is 165 Å². The smallest absolute Gasteiger partial charge is 0.251 e. The summed E-state index contributed by atoms with van der Waals surface area (Å²) in [6.45, 7) is 7.50. The first-order chi connectivity index (χ1) is 12.9. The van der Waals surface area contributed by atoms with E-state index >= 15 is 0 Å². The largest absolute Gasteiger partial charge is 0.352 e. The van der Waals surface area contributed by atoms with Gasteiger partial charge in [-0.1, -0.05) is 43.7 Å². The summed E-state index contributed by atoms with van der Waals surface area (Å²) >= 11 is 1.53. The van der Waals surface area contributed by atoms with E-state index in [0.717, 1.165) is 22.6 Å². The van der Waals surface area contributed by atoms with E-state index < -0.39 is 0 Å². The molecule has 0 saturated carbocycles. The molecule has 2 aromatic carbocycles. The molecular formula is C22H26N2O2S. The number of hydrogen-bond donors (Lipinski definition) is 1. The molecule has 0 bridgehead atoms. The lowest BCUT2D eigenvalue weighted by atomic mass is 10.1. The van der Waals surface area contributed by atoms with Crippen molar-refractivity contribution in [1.82, 2.24) is 5.32 Å². The summed E-state index contributed by atoms with van der Waals surface area (Å²) in [5.41, 5.74) is 3.70. The monoisotopic (exact) mass is 382 g/mol. The van der Waals surface area contributed by atoms with E-state index in [-0.39, 0.29) is 11.8 Å². The number of thioether (sulfide) groups is 1. The van der Waals surface area contributed by atoms with Gasteiger partial charge < -0.3 is 10.2 Å². The minimum Gasteiger partial charge on any atom is -0.352 e. The molecule has 1 aliphatic heterocycles. The number of nitrogens with zero attached hydrogens (tertiary/aromatic N) is 1. The van der Waals surface area contributed by atoms with E-state index in [0.29, 0.717) is 30.3 Å². The quantitative estimate of drug-likeness (QED) is 0.805. The number of carbonyl (C=O) groups is 2. The zero-order valence-electron chi connectivity index (χ0n) is 16.1. The van der Waals surface area contributed by atoms with Crippen LogP contribution in [0.15, 0.2) is 47.4 Å². The minimum atomic E-state index is -0.0863. The van der Waals surface area contributed by atoms with Gasteiger partial charge >= 0.3 is 0 Å². The van der Waals surface area contributed by atoms with Crippen LogP contribution in [0.2, 0.25) is 0 Å². The predicted molar refractivity (Wildman–Crippen MR) is 111 cm³/mol. The summed E-state index contributed by atoms with van der Waals surface area (Å²) in [4.78, 5) is 27.9. The molecule has 0 fully saturated rings. The second-order valence-electron chi connectivity index (χ2n) is 7.38. The highest BCUT2D eigenvalue weighted by Crippen LogP contribution is 2.36. The van der Waals surface area contributed by atoms with Gasteiger partial charge in [0.15, 0.2) is 0 Å². The van der Waals surface area contributed by atoms with Crippen molar-refractivity contribution in [1.29, 1.82) is 0 Å². The van der Waals surface area contributed by atoms with Gasteiger partial charge in [0.1, 0.15) is 0 Å². The van der Waals surface area contributed by atoms with Crippen molar-refractivity contribution in [2.75, 3.05) is 17.2 Å². The SMILES string of the molecule is Cc1ccc(CN2C(=O)CSc3ccc(C(=O)NCCC(C)C)cc32)cc1. The highest BCUT2D eigenvalue weighted by atomic mass is 32.2. The molecule has 142 valence electrons. The summed E-state index contributed by atoms with van der Waals surface area (Å²) in [6, 6.07) is 13.8. The minimum absolute atomic E-state index is 0.0745. The molecule has 0 unspecified atom stereocenters. The summed E-state index contributed by atoms with van der Waals surface area (Å²) in [5, 5.41) is 2.97. The Bertz CT molecular complexity index is 831. The summed E-state index contributed by atoms with van der Waals surface area (Å²) < 4.78 is 0. The number of anilines is 1. The lowest BCUT2D eigenvalue weighted by Gasteiger charge is -2.29. The number of amides is 2. The molecule has 0 saturated heterocycles. The first-order valence-electron chi connectivity index (χ1n) is 9.35. The van der Waals surface area contributed by atoms with Crippen LogP contribution in [0.4, 0.5) is 5.69 Å². The molecule has 0 aromatic heterocycles. The number of hydrogen-bond acceptors (Lipinski definition) is 3. The lowest BCUT2D eigenvalue weighted by Crippen LogP contribution is -2.35. The number of rotatable bonds is 6. The first-order valence-corrected chi connectivity index (χ1v) is 10.3. The third-order valence-electron chi connectivity index (χ3n) is 4.63. The van der Waals surface area contributed by atoms with Crippen LogP contribution in [-0.2, 0) is 11.3 Å². The summed E-state index contributed by atoms with van der Waals surface area (Å²) in [7, 11) is 0. The van der Waals surface area contributed by atoms with Gasteiger partial charge in [-0.25, -0.2) is 0 Å². The van der Waals surface area contributed by atoms with Crippen LogP contribution in [0.3, 0.4) is 0 Å². The Balaban J connectivity index is 1.81. The molecule has 1 aliphatic rings. The fraction of sp³-hybridized carbons (Fsp3) is 0.364. The van der Waals surface area contributed by atoms with Crippen LogP contribution in [0.5, 0.6) is 0 Å². The Morgan fingerprint density at radius 2 is 1.93 bits per heavy atom. The van der Waals surface area contributed by atoms with Crippen molar-refractivity contribution >= 4 is 29.3 Å². The van der Waals surface area contributed by atoms with E-state index in [1.54, 1.807) is 4.90 Å². The Morgan fingerprint density at radius 3 is 2.63 bits per heavy atom. The molecule has 27 heavy (non-hydrogen) atoms. The van der Waals surface area contributed by atoms with Crippen LogP contribution < -0.4 is 10.2 Å². The van der Waals surface area contributed by atoms with Gasteiger partial charge in [0.05, 0.1) is 18.0 Å². The number of fused-ring (bicyclic) bond motifs is 1. The normalized spacial score (nSPS) is 13.6. The van der Waals surface area contributed by atoms with Gasteiger partial charge in [0.2, 0.25) is 5.91 Å². The van der Waals surface area contributed by atoms with E-state index in [9.17, 15) is 9.59 Å². The number of nitrogens with one attached hydrogen (secondary N) is 1. The van der Waals surface area contributed by atoms with Gasteiger partial charge in [-0.15, -0.1) is 11.8 Å². The average Bonchev–Trinajstić information content (AvgIpc) is 2.65. The van der Waals surface area contributed by atoms with Crippen molar-refractivity contribution in [3.63, 3.8) is 0 Å². The fourth-order valence-corrected chi connectivity index (χ4v) is 3.89. The highest BCUT2D eigenvalue weighted by Gasteiger charge is 2.26. The number of aryl methyl sites for hydroxylation is 1. The van der Waals surface area contributed by atoms with E-state index in [2.05, 4.69) is 31.3 Å². The maximum absolute atomic E-state index is 12.6. The molecule has 0 aliphatic carbocycles. The molecule has 2 amide bonds. The first kappa shape index (κ1) is 19.5. The van der Waals surface area contributed by atoms with Crippen LogP contribution in [-0.4, -0.2) is 24.1 Å². The van der Waals surface area contributed by atoms with Crippen LogP contribution in [0.1, 0.15) is 41.8 Å². The lowest BCUT2D eigenvalue weighted by molar-refractivity contribution is -0.116. The van der Waals surface area contributed by atoms with Gasteiger partial charge in [-0.3, -0.25) is 9.59 Å². The van der Waals surface area contributed by atoms with Crippen LogP contribution in [0, 0.1) is 12.8 Å². The zero-order valence-corrected chi connectivity index (χ0v) is 16.9. The van der Waals surface area contributed by atoms with Crippen molar-refractivity contribution in [2.24, 2.45) is 5.92 Å². The molecule has 3 rings (SSSR count). The molecule has 2 aromatic rings. The van der Waals surface area contributed by atoms with E-state index in [1.165, 1.54) is 17.3 Å². The standard InChI is InChI=1S/C22H26N2O2S/c1-15(2)10-11-23-22(26)18-8-9-20-19(12-18)24(21(25)14-27-20)13-17-6-4-16(3)5-7-17/h4-9,12,15H,10-11,13-14H2,1-3H3,(H,23,26). The topological polar surface area (TPSA) is 49.4 Å². The molecule has 0 radical (unpaired) electrons. The molecule has 4 nitrogen and oxygen atoms in total. The second-order valence-corrected chi connectivity index (χ2v) is 8.39. The Hall–Kier alpha value is -2.27. The van der Waals surface area contributed by atoms with E-state index in [1.807, 2.05) is 37.3 Å². The van der Waals surface area contributed by atoms with Crippen molar-refractivity contribution in [3.8, 4) is 0 Å². The third-order valence-corrected chi connectivity index (χ3v) is 5.68. The average molecular weight is 383 g/mol. The fourth-order valence-electron chi connectivity index (χ4n) is 2.97. The maximum atomic E-state index is 12.6.